The van der Waals surface area contributed by atoms with Crippen LogP contribution in [-0.2, 0) is 0 Å². The molecule has 0 aliphatic heterocycles. The van der Waals surface area contributed by atoms with Gasteiger partial charge in [-0.1, -0.05) is 0 Å². The second-order valence-electron chi connectivity index (χ2n) is 0.834. The Bertz CT molecular complexity index is 72.2. The molecule has 0 bridgehead atoms. The molecule has 0 aromatic heterocycles. The molecule has 0 saturated carbocycles. The molecule has 0 nitrogen and oxygen atoms in total. The first-order chi connectivity index (χ1) is 3.06. The third-order valence-corrected chi connectivity index (χ3v) is 6.80. The van der Waals surface area contributed by atoms with E-state index in [2.05, 4.69) is 57.9 Å². The molecule has 42 valence electrons. The molecule has 0 spiro atoms. The number of hydrogen-bond donors (Lipinski definition) is 0. The van der Waals surface area contributed by atoms with Crippen molar-refractivity contribution >= 4 is 65.7 Å². The van der Waals surface area contributed by atoms with Crippen molar-refractivity contribution in [1.82, 2.24) is 0 Å². The predicted molar refractivity (Wildman–Crippen MR) is 50.6 cm³/mol. The third kappa shape index (κ3) is 8.20. The Kier molecular flexibility index (Phi) is 5.37. The van der Waals surface area contributed by atoms with Crippen molar-refractivity contribution in [2.75, 3.05) is 0 Å². The van der Waals surface area contributed by atoms with Crippen LogP contribution in [0.5, 0.6) is 0 Å². The maximum atomic E-state index is 3.44. The van der Waals surface area contributed by atoms with Crippen molar-refractivity contribution in [3.63, 3.8) is 0 Å². The summed E-state index contributed by atoms with van der Waals surface area (Å²) in [6.45, 7) is 0. The molecule has 0 saturated heterocycles. The summed E-state index contributed by atoms with van der Waals surface area (Å²) in [7, 11) is -1.87. The second-order valence-corrected chi connectivity index (χ2v) is 40.4. The van der Waals surface area contributed by atoms with Gasteiger partial charge in [-0.15, -0.1) is 0 Å². The van der Waals surface area contributed by atoms with Gasteiger partial charge in [0.2, 0.25) is 0 Å². The molecular formula is C2H2Br4Ge. The van der Waals surface area contributed by atoms with E-state index in [-0.39, 0.29) is 0 Å². The van der Waals surface area contributed by atoms with Crippen LogP contribution in [0.1, 0.15) is 0 Å². The van der Waals surface area contributed by atoms with Crippen LogP contribution in [0.4, 0.5) is 0 Å². The Balaban J connectivity index is 3.56. The van der Waals surface area contributed by atoms with Crippen LogP contribution < -0.4 is 0 Å². The quantitative estimate of drug-likeness (QED) is 0.572. The van der Waals surface area contributed by atoms with Crippen LogP contribution in [0.25, 0.3) is 0 Å². The van der Waals surface area contributed by atoms with Gasteiger partial charge in [0, 0.05) is 0 Å². The summed E-state index contributed by atoms with van der Waals surface area (Å²) >= 11 is 13.5. The molecule has 0 fully saturated rings. The molecule has 0 aliphatic rings. The normalized spacial score (nSPS) is 13.1. The minimum atomic E-state index is -1.87. The Morgan fingerprint density at radius 2 is 1.57 bits per heavy atom. The Hall–Kier alpha value is 2.20. The van der Waals surface area contributed by atoms with Crippen LogP contribution in [-0.4, -0.2) is 7.74 Å². The molecule has 0 unspecified atom stereocenters. The van der Waals surface area contributed by atoms with E-state index in [0.717, 1.165) is 0 Å². The second kappa shape index (κ2) is 4.09. The van der Waals surface area contributed by atoms with E-state index in [0.29, 0.717) is 0 Å². The predicted octanol–water partition coefficient (Wildman–Crippen LogP) is 3.56. The van der Waals surface area contributed by atoms with Gasteiger partial charge in [-0.05, 0) is 0 Å². The van der Waals surface area contributed by atoms with Crippen LogP contribution in [0, 0.1) is 0 Å². The molecule has 0 heterocycles. The zero-order valence-corrected chi connectivity index (χ0v) is 11.6. The standard InChI is InChI=1S/C2H2Br4Ge/c3-1-2-7(4,5)6/h1-2H. The van der Waals surface area contributed by atoms with Crippen LogP contribution in [0.3, 0.4) is 0 Å². The first-order valence-electron chi connectivity index (χ1n) is 1.41. The molecular weight excluding hydrogens is 416 g/mol. The number of rotatable bonds is 1. The fourth-order valence-electron chi connectivity index (χ4n) is 0.0714. The van der Waals surface area contributed by atoms with E-state index in [4.69, 9.17) is 0 Å². The van der Waals surface area contributed by atoms with Gasteiger partial charge >= 0.3 is 75.6 Å². The van der Waals surface area contributed by atoms with E-state index < -0.39 is 7.74 Å². The number of halogens is 4. The molecule has 0 aliphatic carbocycles. The Morgan fingerprint density at radius 1 is 1.14 bits per heavy atom. The summed E-state index contributed by atoms with van der Waals surface area (Å²) in [4.78, 5) is 3.88. The van der Waals surface area contributed by atoms with Crippen molar-refractivity contribution in [2.45, 2.75) is 0 Å². The molecule has 0 aromatic carbocycles. The summed E-state index contributed by atoms with van der Waals surface area (Å²) in [5.74, 6) is 0. The molecule has 0 rings (SSSR count). The fourth-order valence-corrected chi connectivity index (χ4v) is 10.0. The monoisotopic (exact) mass is 416 g/mol. The van der Waals surface area contributed by atoms with Gasteiger partial charge in [0.15, 0.2) is 0 Å². The zero-order chi connectivity index (χ0) is 5.91. The molecule has 0 radical (unpaired) electrons. The van der Waals surface area contributed by atoms with Gasteiger partial charge in [-0.2, -0.15) is 0 Å². The van der Waals surface area contributed by atoms with E-state index in [1.54, 1.807) is 0 Å². The van der Waals surface area contributed by atoms with Gasteiger partial charge < -0.3 is 0 Å². The van der Waals surface area contributed by atoms with E-state index >= 15 is 0 Å². The molecule has 5 heteroatoms. The van der Waals surface area contributed by atoms with Gasteiger partial charge in [-0.25, -0.2) is 0 Å². The van der Waals surface area contributed by atoms with Crippen molar-refractivity contribution in [3.8, 4) is 0 Å². The Labute approximate surface area is 74.5 Å². The number of hydrogen-bond acceptors (Lipinski definition) is 0. The zero-order valence-electron chi connectivity index (χ0n) is 3.17. The molecule has 0 atom stereocenters. The summed E-state index contributed by atoms with van der Waals surface area (Å²) in [5.41, 5.74) is 0. The Morgan fingerprint density at radius 3 is 1.57 bits per heavy atom. The third-order valence-electron chi connectivity index (χ3n) is 0.252. The van der Waals surface area contributed by atoms with E-state index in [1.807, 2.05) is 9.89 Å². The van der Waals surface area contributed by atoms with Crippen LogP contribution in [0.2, 0.25) is 0 Å². The van der Waals surface area contributed by atoms with Crippen LogP contribution in [0.15, 0.2) is 9.89 Å². The summed E-state index contributed by atoms with van der Waals surface area (Å²) in [5, 5.41) is 0. The SMILES string of the molecule is BrC=[CH][Ge]([Br])([Br])[Br]. The van der Waals surface area contributed by atoms with Gasteiger partial charge in [0.05, 0.1) is 0 Å². The summed E-state index contributed by atoms with van der Waals surface area (Å²) < 4.78 is 0. The van der Waals surface area contributed by atoms with Crippen LogP contribution >= 0.6 is 57.9 Å². The molecule has 7 heavy (non-hydrogen) atoms. The molecule has 0 aromatic rings. The average molecular weight is 418 g/mol. The van der Waals surface area contributed by atoms with Crippen molar-refractivity contribution in [3.05, 3.63) is 9.89 Å². The van der Waals surface area contributed by atoms with Gasteiger partial charge in [0.1, 0.15) is 0 Å². The topological polar surface area (TPSA) is 0 Å². The average Bonchev–Trinajstić information content (AvgIpc) is 1.30. The van der Waals surface area contributed by atoms with E-state index in [1.165, 1.54) is 0 Å². The first-order valence-corrected chi connectivity index (χ1v) is 18.3. The summed E-state index contributed by atoms with van der Waals surface area (Å²) in [6, 6.07) is 0. The maximum absolute atomic E-state index is 3.44. The van der Waals surface area contributed by atoms with Crippen molar-refractivity contribution in [1.29, 1.82) is 0 Å². The summed E-state index contributed by atoms with van der Waals surface area (Å²) in [6.07, 6.45) is 0. The first kappa shape index (κ1) is 9.20. The van der Waals surface area contributed by atoms with E-state index in [9.17, 15) is 0 Å². The minimum absolute atomic E-state index is 1.84. The molecule has 0 amide bonds. The van der Waals surface area contributed by atoms with Crippen molar-refractivity contribution in [2.24, 2.45) is 0 Å². The molecule has 0 N–H and O–H groups in total. The fraction of sp³-hybridized carbons (Fsp3) is 0. The van der Waals surface area contributed by atoms with Gasteiger partial charge in [0.25, 0.3) is 0 Å². The van der Waals surface area contributed by atoms with Gasteiger partial charge in [-0.3, -0.25) is 0 Å². The van der Waals surface area contributed by atoms with Crippen molar-refractivity contribution < 1.29 is 0 Å².